The standard InChI is InChI=1S/C20H28N2O4/c1-3-15(2)18(23)22-17(19(24)25)14-26-20(22)9-11-21(12-10-20)13-16-7-5-4-6-8-16/h4-8,15,17H,3,9-14H2,1-2H3,(H,24,25)/t15-,17+/m1/s1. The molecule has 2 aliphatic rings. The van der Waals surface area contributed by atoms with Crippen LogP contribution in [0.4, 0.5) is 0 Å². The number of rotatable bonds is 5. The Balaban J connectivity index is 1.72. The van der Waals surface area contributed by atoms with Crippen LogP contribution in [0.3, 0.4) is 0 Å². The predicted octanol–water partition coefficient (Wildman–Crippen LogP) is 2.34. The van der Waals surface area contributed by atoms with Gasteiger partial charge < -0.3 is 9.84 Å². The van der Waals surface area contributed by atoms with E-state index in [2.05, 4.69) is 17.0 Å². The number of nitrogens with zero attached hydrogens (tertiary/aromatic N) is 2. The Bertz CT molecular complexity index is 640. The first-order valence-electron chi connectivity index (χ1n) is 9.43. The van der Waals surface area contributed by atoms with Gasteiger partial charge in [0.05, 0.1) is 6.61 Å². The molecule has 6 heteroatoms. The number of hydrogen-bond acceptors (Lipinski definition) is 4. The minimum Gasteiger partial charge on any atom is -0.480 e. The Morgan fingerprint density at radius 1 is 1.27 bits per heavy atom. The molecule has 0 bridgehead atoms. The van der Waals surface area contributed by atoms with Crippen molar-refractivity contribution in [1.29, 1.82) is 0 Å². The van der Waals surface area contributed by atoms with Crippen molar-refractivity contribution >= 4 is 11.9 Å². The number of aliphatic carboxylic acids is 1. The monoisotopic (exact) mass is 360 g/mol. The van der Waals surface area contributed by atoms with Crippen LogP contribution in [-0.4, -0.2) is 58.2 Å². The Morgan fingerprint density at radius 3 is 2.50 bits per heavy atom. The van der Waals surface area contributed by atoms with Gasteiger partial charge in [-0.1, -0.05) is 44.2 Å². The van der Waals surface area contributed by atoms with Crippen molar-refractivity contribution in [2.75, 3.05) is 19.7 Å². The average molecular weight is 360 g/mol. The smallest absolute Gasteiger partial charge is 0.328 e. The van der Waals surface area contributed by atoms with Crippen LogP contribution in [0.15, 0.2) is 30.3 Å². The lowest BCUT2D eigenvalue weighted by atomic mass is 9.95. The van der Waals surface area contributed by atoms with E-state index >= 15 is 0 Å². The van der Waals surface area contributed by atoms with E-state index in [9.17, 15) is 14.7 Å². The zero-order chi connectivity index (χ0) is 18.7. The van der Waals surface area contributed by atoms with Crippen LogP contribution >= 0.6 is 0 Å². The average Bonchev–Trinajstić information content (AvgIpc) is 3.02. The largest absolute Gasteiger partial charge is 0.480 e. The summed E-state index contributed by atoms with van der Waals surface area (Å²) in [7, 11) is 0. The molecule has 0 radical (unpaired) electrons. The number of likely N-dealkylation sites (tertiary alicyclic amines) is 1. The second-order valence-corrected chi connectivity index (χ2v) is 7.39. The normalized spacial score (nSPS) is 23.9. The molecule has 0 saturated carbocycles. The SMILES string of the molecule is CC[C@@H](C)C(=O)N1[C@H](C(=O)O)COC12CCN(Cc1ccccc1)CC2. The number of ether oxygens (including phenoxy) is 1. The third-order valence-corrected chi connectivity index (χ3v) is 5.70. The molecule has 1 aromatic carbocycles. The van der Waals surface area contributed by atoms with E-state index in [-0.39, 0.29) is 18.4 Å². The van der Waals surface area contributed by atoms with Gasteiger partial charge in [-0.05, 0) is 12.0 Å². The van der Waals surface area contributed by atoms with Gasteiger partial charge in [-0.3, -0.25) is 14.6 Å². The zero-order valence-electron chi connectivity index (χ0n) is 15.6. The maximum atomic E-state index is 12.9. The third-order valence-electron chi connectivity index (χ3n) is 5.70. The molecule has 2 atom stereocenters. The van der Waals surface area contributed by atoms with E-state index in [4.69, 9.17) is 4.74 Å². The fourth-order valence-electron chi connectivity index (χ4n) is 3.90. The number of amides is 1. The van der Waals surface area contributed by atoms with E-state index in [1.165, 1.54) is 5.56 Å². The highest BCUT2D eigenvalue weighted by Crippen LogP contribution is 2.38. The summed E-state index contributed by atoms with van der Waals surface area (Å²) in [6, 6.07) is 9.41. The molecule has 2 heterocycles. The molecule has 6 nitrogen and oxygen atoms in total. The number of carbonyl (C=O) groups is 2. The number of piperidine rings is 1. The van der Waals surface area contributed by atoms with Gasteiger partial charge in [0, 0.05) is 38.4 Å². The number of hydrogen-bond donors (Lipinski definition) is 1. The lowest BCUT2D eigenvalue weighted by molar-refractivity contribution is -0.169. The van der Waals surface area contributed by atoms with E-state index < -0.39 is 17.7 Å². The molecule has 0 aromatic heterocycles. The molecular weight excluding hydrogens is 332 g/mol. The molecule has 0 aliphatic carbocycles. The molecule has 142 valence electrons. The Hall–Kier alpha value is -1.92. The van der Waals surface area contributed by atoms with E-state index in [1.807, 2.05) is 32.0 Å². The Kier molecular flexibility index (Phi) is 5.63. The summed E-state index contributed by atoms with van der Waals surface area (Å²) < 4.78 is 5.98. The van der Waals surface area contributed by atoms with E-state index in [0.717, 1.165) is 19.6 Å². The fraction of sp³-hybridized carbons (Fsp3) is 0.600. The summed E-state index contributed by atoms with van der Waals surface area (Å²) in [6.45, 7) is 6.31. The molecular formula is C20H28N2O4. The van der Waals surface area contributed by atoms with Crippen molar-refractivity contribution in [2.24, 2.45) is 5.92 Å². The summed E-state index contributed by atoms with van der Waals surface area (Å²) in [4.78, 5) is 28.5. The van der Waals surface area contributed by atoms with E-state index in [0.29, 0.717) is 19.3 Å². The van der Waals surface area contributed by atoms with Gasteiger partial charge in [-0.15, -0.1) is 0 Å². The lowest BCUT2D eigenvalue weighted by Gasteiger charge is -2.45. The summed E-state index contributed by atoms with van der Waals surface area (Å²) in [6.07, 6.45) is 1.98. The van der Waals surface area contributed by atoms with Crippen LogP contribution in [0.1, 0.15) is 38.7 Å². The van der Waals surface area contributed by atoms with Crippen LogP contribution in [0.25, 0.3) is 0 Å². The quantitative estimate of drug-likeness (QED) is 0.873. The molecule has 1 spiro atoms. The van der Waals surface area contributed by atoms with Crippen molar-refractivity contribution in [2.45, 2.75) is 51.4 Å². The van der Waals surface area contributed by atoms with Crippen molar-refractivity contribution in [3.8, 4) is 0 Å². The maximum absolute atomic E-state index is 12.9. The van der Waals surface area contributed by atoms with Gasteiger partial charge in [0.1, 0.15) is 5.72 Å². The lowest BCUT2D eigenvalue weighted by Crippen LogP contribution is -2.59. The summed E-state index contributed by atoms with van der Waals surface area (Å²) in [5, 5.41) is 9.56. The minimum atomic E-state index is -0.981. The number of carboxylic acid groups (broad SMARTS) is 1. The first-order chi connectivity index (χ1) is 12.5. The van der Waals surface area contributed by atoms with Crippen LogP contribution in [0, 0.1) is 5.92 Å². The van der Waals surface area contributed by atoms with Gasteiger partial charge in [0.2, 0.25) is 5.91 Å². The van der Waals surface area contributed by atoms with Crippen molar-refractivity contribution in [1.82, 2.24) is 9.80 Å². The summed E-state index contributed by atoms with van der Waals surface area (Å²) in [5.74, 6) is -1.28. The molecule has 1 N–H and O–H groups in total. The zero-order valence-corrected chi connectivity index (χ0v) is 15.6. The Morgan fingerprint density at radius 2 is 1.92 bits per heavy atom. The van der Waals surface area contributed by atoms with Gasteiger partial charge in [-0.25, -0.2) is 4.79 Å². The molecule has 0 unspecified atom stereocenters. The van der Waals surface area contributed by atoms with Crippen molar-refractivity contribution in [3.63, 3.8) is 0 Å². The molecule has 26 heavy (non-hydrogen) atoms. The first kappa shape index (κ1) is 18.9. The van der Waals surface area contributed by atoms with E-state index in [1.54, 1.807) is 4.90 Å². The molecule has 1 amide bonds. The number of carbonyl (C=O) groups excluding carboxylic acids is 1. The third kappa shape index (κ3) is 3.62. The van der Waals surface area contributed by atoms with Crippen molar-refractivity contribution < 1.29 is 19.4 Å². The van der Waals surface area contributed by atoms with Gasteiger partial charge in [0.25, 0.3) is 0 Å². The molecule has 2 aliphatic heterocycles. The molecule has 1 aromatic rings. The minimum absolute atomic E-state index is 0.0796. The second kappa shape index (κ2) is 7.76. The molecule has 2 saturated heterocycles. The van der Waals surface area contributed by atoms with Crippen LogP contribution in [0.5, 0.6) is 0 Å². The van der Waals surface area contributed by atoms with Crippen LogP contribution in [-0.2, 0) is 20.9 Å². The highest BCUT2D eigenvalue weighted by atomic mass is 16.5. The van der Waals surface area contributed by atoms with Gasteiger partial charge in [-0.2, -0.15) is 0 Å². The van der Waals surface area contributed by atoms with Crippen molar-refractivity contribution in [3.05, 3.63) is 35.9 Å². The maximum Gasteiger partial charge on any atom is 0.328 e. The van der Waals surface area contributed by atoms with Gasteiger partial charge >= 0.3 is 5.97 Å². The second-order valence-electron chi connectivity index (χ2n) is 7.39. The molecule has 2 fully saturated rings. The van der Waals surface area contributed by atoms with Crippen LogP contribution in [0.2, 0.25) is 0 Å². The number of carboxylic acids is 1. The highest BCUT2D eigenvalue weighted by Gasteiger charge is 2.54. The van der Waals surface area contributed by atoms with Gasteiger partial charge in [0.15, 0.2) is 6.04 Å². The predicted molar refractivity (Wildman–Crippen MR) is 97.4 cm³/mol. The Labute approximate surface area is 154 Å². The summed E-state index contributed by atoms with van der Waals surface area (Å²) >= 11 is 0. The topological polar surface area (TPSA) is 70.1 Å². The fourth-order valence-corrected chi connectivity index (χ4v) is 3.90. The van der Waals surface area contributed by atoms with Crippen LogP contribution < -0.4 is 0 Å². The highest BCUT2D eigenvalue weighted by molar-refractivity contribution is 5.86. The summed E-state index contributed by atoms with van der Waals surface area (Å²) in [5.41, 5.74) is 0.489. The number of benzene rings is 1. The first-order valence-corrected chi connectivity index (χ1v) is 9.43. The molecule has 3 rings (SSSR count).